The van der Waals surface area contributed by atoms with Gasteiger partial charge in [0.15, 0.2) is 9.58 Å². The van der Waals surface area contributed by atoms with Gasteiger partial charge in [0.05, 0.1) is 0 Å². The molecule has 10 heteroatoms. The van der Waals surface area contributed by atoms with Crippen LogP contribution >= 0.6 is 22.1 Å². The fraction of sp³-hybridized carbons (Fsp3) is 0.0667. The van der Waals surface area contributed by atoms with E-state index >= 15 is 0 Å². The second-order valence-electron chi connectivity index (χ2n) is 4.80. The lowest BCUT2D eigenvalue weighted by molar-refractivity contribution is -0.0864. The molecule has 1 atom stereocenters. The Kier molecular flexibility index (Phi) is 5.68. The van der Waals surface area contributed by atoms with Crippen LogP contribution in [0.5, 0.6) is 0 Å². The van der Waals surface area contributed by atoms with Crippen molar-refractivity contribution in [3.05, 3.63) is 59.6 Å². The minimum absolute atomic E-state index is 0.301. The fourth-order valence-corrected chi connectivity index (χ4v) is 4.22. The molecule has 0 aliphatic rings. The summed E-state index contributed by atoms with van der Waals surface area (Å²) in [5, 5.41) is 1.15. The van der Waals surface area contributed by atoms with E-state index in [9.17, 15) is 30.4 Å². The van der Waals surface area contributed by atoms with E-state index < -0.39 is 23.2 Å². The van der Waals surface area contributed by atoms with Gasteiger partial charge in [-0.05, 0) is 36.4 Å². The molecule has 0 bridgehead atoms. The van der Waals surface area contributed by atoms with Gasteiger partial charge in [-0.15, -0.1) is 13.2 Å². The zero-order valence-corrected chi connectivity index (χ0v) is 13.8. The quantitative estimate of drug-likeness (QED) is 0.223. The van der Waals surface area contributed by atoms with Crippen LogP contribution in [-0.4, -0.2) is 7.25 Å². The van der Waals surface area contributed by atoms with Crippen LogP contribution in [-0.2, 0) is 5.51 Å². The molecule has 0 saturated heterocycles. The second kappa shape index (κ2) is 7.25. The van der Waals surface area contributed by atoms with E-state index in [4.69, 9.17) is 11.6 Å². The summed E-state index contributed by atoms with van der Waals surface area (Å²) in [5.41, 5.74) is -3.72. The molecule has 0 nitrogen and oxygen atoms in total. The number of benzene rings is 2. The first kappa shape index (κ1) is 19.6. The first-order valence-corrected chi connectivity index (χ1v) is 8.32. The predicted octanol–water partition coefficient (Wildman–Crippen LogP) is 7.69. The molecule has 2 aromatic carbocycles. The predicted molar refractivity (Wildman–Crippen MR) is 88.4 cm³/mol. The molecule has 0 N–H and O–H groups in total. The number of hydrogen-bond donors (Lipinski definition) is 0. The van der Waals surface area contributed by atoms with Gasteiger partial charge in [-0.2, -0.15) is 0 Å². The van der Waals surface area contributed by atoms with Crippen molar-refractivity contribution >= 4 is 39.4 Å². The van der Waals surface area contributed by atoms with Crippen molar-refractivity contribution < 1.29 is 30.4 Å². The van der Waals surface area contributed by atoms with Crippen molar-refractivity contribution in [1.82, 2.24) is 0 Å². The number of rotatable bonds is 1. The number of thiophene rings is 1. The highest BCUT2D eigenvalue weighted by atomic mass is 35.5. The van der Waals surface area contributed by atoms with Crippen molar-refractivity contribution in [2.75, 3.05) is 0 Å². The minimum atomic E-state index is -6.00. The minimum Gasteiger partial charge on any atom is -0.418 e. The van der Waals surface area contributed by atoms with E-state index in [0.717, 1.165) is 0 Å². The average molecular weight is 401 g/mol. The number of alkyl halides is 3. The molecule has 0 radical (unpaired) electrons. The fourth-order valence-electron chi connectivity index (χ4n) is 2.17. The molecule has 134 valence electrons. The first-order valence-electron chi connectivity index (χ1n) is 6.72. The second-order valence-corrected chi connectivity index (χ2v) is 7.19. The van der Waals surface area contributed by atoms with Crippen LogP contribution in [0.2, 0.25) is 5.02 Å². The lowest BCUT2D eigenvalue weighted by Gasteiger charge is -2.00. The highest BCUT2D eigenvalue weighted by Crippen LogP contribution is 2.54. The largest absolute Gasteiger partial charge is 0.673 e. The van der Waals surface area contributed by atoms with Crippen LogP contribution in [0.1, 0.15) is 0 Å². The van der Waals surface area contributed by atoms with Crippen LogP contribution in [0, 0.1) is 0 Å². The lowest BCUT2D eigenvalue weighted by Crippen LogP contribution is -2.02. The third kappa shape index (κ3) is 5.37. The summed E-state index contributed by atoms with van der Waals surface area (Å²) in [6.07, 6.45) is 0. The Morgan fingerprint density at radius 3 is 1.88 bits per heavy atom. The summed E-state index contributed by atoms with van der Waals surface area (Å²) >= 11 is 5.79. The standard InChI is InChI=1S/C15H9ClF3S.BF4/c16-12-7-5-10(6-8-12)14-9-11-3-1-2-4-13(11)20(14)15(17,18)19;2-1(3,4)5/h1-9H;/q+1;-1. The van der Waals surface area contributed by atoms with Gasteiger partial charge < -0.3 is 17.3 Å². The van der Waals surface area contributed by atoms with Gasteiger partial charge in [0.25, 0.3) is 0 Å². The lowest BCUT2D eigenvalue weighted by atomic mass is 10.1. The maximum absolute atomic E-state index is 13.4. The average Bonchev–Trinajstić information content (AvgIpc) is 2.85. The Bertz CT molecular complexity index is 847. The van der Waals surface area contributed by atoms with Crippen molar-refractivity contribution in [3.63, 3.8) is 0 Å². The van der Waals surface area contributed by atoms with E-state index in [1.54, 1.807) is 54.6 Å². The van der Waals surface area contributed by atoms with Crippen molar-refractivity contribution in [3.8, 4) is 10.4 Å². The molecule has 3 aromatic rings. The molecule has 1 unspecified atom stereocenters. The Morgan fingerprint density at radius 1 is 0.840 bits per heavy atom. The number of fused-ring (bicyclic) bond motifs is 1. The molecular formula is C15H9BClF7S. The van der Waals surface area contributed by atoms with Crippen molar-refractivity contribution in [2.45, 2.75) is 5.51 Å². The van der Waals surface area contributed by atoms with Gasteiger partial charge in [0, 0.05) is 22.0 Å². The highest BCUT2D eigenvalue weighted by Gasteiger charge is 2.48. The summed E-state index contributed by atoms with van der Waals surface area (Å²) in [6, 6.07) is 14.8. The molecule has 25 heavy (non-hydrogen) atoms. The van der Waals surface area contributed by atoms with Gasteiger partial charge in [0.1, 0.15) is 10.5 Å². The summed E-state index contributed by atoms with van der Waals surface area (Å²) < 4.78 is 79.5. The topological polar surface area (TPSA) is 0 Å². The molecule has 0 saturated carbocycles. The maximum Gasteiger partial charge on any atom is 0.673 e. The molecule has 0 aliphatic heterocycles. The third-order valence-corrected chi connectivity index (χ3v) is 5.33. The van der Waals surface area contributed by atoms with Gasteiger partial charge in [-0.1, -0.05) is 23.7 Å². The van der Waals surface area contributed by atoms with Gasteiger partial charge in [0.2, 0.25) is 0 Å². The zero-order chi connectivity index (χ0) is 18.8. The molecule has 1 heterocycles. The first-order chi connectivity index (χ1) is 11.5. The van der Waals surface area contributed by atoms with Crippen LogP contribution in [0.25, 0.3) is 20.5 Å². The van der Waals surface area contributed by atoms with E-state index in [2.05, 4.69) is 0 Å². The van der Waals surface area contributed by atoms with Crippen LogP contribution in [0.4, 0.5) is 30.4 Å². The van der Waals surface area contributed by atoms with Gasteiger partial charge >= 0.3 is 12.8 Å². The summed E-state index contributed by atoms with van der Waals surface area (Å²) in [7, 11) is -7.90. The van der Waals surface area contributed by atoms with E-state index in [1.165, 1.54) is 0 Å². The van der Waals surface area contributed by atoms with Gasteiger partial charge in [-0.3, -0.25) is 0 Å². The molecular weight excluding hydrogens is 391 g/mol. The molecule has 0 fully saturated rings. The van der Waals surface area contributed by atoms with E-state index in [-0.39, 0.29) is 0 Å². The van der Waals surface area contributed by atoms with Crippen LogP contribution in [0.3, 0.4) is 0 Å². The van der Waals surface area contributed by atoms with Crippen LogP contribution in [0.15, 0.2) is 54.6 Å². The van der Waals surface area contributed by atoms with E-state index in [0.29, 0.717) is 25.5 Å². The van der Waals surface area contributed by atoms with Crippen LogP contribution < -0.4 is 0 Å². The smallest absolute Gasteiger partial charge is 0.418 e. The molecule has 3 rings (SSSR count). The van der Waals surface area contributed by atoms with Gasteiger partial charge in [-0.25, -0.2) is 0 Å². The van der Waals surface area contributed by atoms with Crippen molar-refractivity contribution in [2.24, 2.45) is 0 Å². The Labute approximate surface area is 145 Å². The Balaban J connectivity index is 0.000000399. The van der Waals surface area contributed by atoms with Crippen molar-refractivity contribution in [1.29, 1.82) is 0 Å². The number of hydrogen-bond acceptors (Lipinski definition) is 0. The Morgan fingerprint density at radius 2 is 1.36 bits per heavy atom. The highest BCUT2D eigenvalue weighted by molar-refractivity contribution is 7.41. The summed E-state index contributed by atoms with van der Waals surface area (Å²) in [5.74, 6) is 0. The SMILES string of the molecule is FC(F)(F)[s+]1c(-c2ccc(Cl)cc2)cc2ccccc21.F[B-](F)(F)F. The van der Waals surface area contributed by atoms with E-state index in [1.807, 2.05) is 0 Å². The summed E-state index contributed by atoms with van der Waals surface area (Å²) in [4.78, 5) is 0.301. The molecule has 1 aromatic heterocycles. The molecule has 0 aliphatic carbocycles. The maximum atomic E-state index is 13.4. The monoisotopic (exact) mass is 400 g/mol. The summed E-state index contributed by atoms with van der Waals surface area (Å²) in [6.45, 7) is 0. The molecule has 0 amide bonds. The zero-order valence-electron chi connectivity index (χ0n) is 12.2. The third-order valence-electron chi connectivity index (χ3n) is 3.01. The number of halogens is 8. The Hall–Kier alpha value is -1.74. The molecule has 0 spiro atoms. The normalized spacial score (nSPS) is 12.7.